The number of methoxy groups -OCH3 is 1. The van der Waals surface area contributed by atoms with Gasteiger partial charge in [-0.25, -0.2) is 4.79 Å². The summed E-state index contributed by atoms with van der Waals surface area (Å²) in [6.07, 6.45) is 4.95. The molecular formula is C24H21N3O5. The number of carbonyl (C=O) groups excluding carboxylic acids is 3. The largest absolute Gasteiger partial charge is 0.497 e. The zero-order valence-corrected chi connectivity index (χ0v) is 17.7. The minimum Gasteiger partial charge on any atom is -0.497 e. The molecule has 1 aromatic carbocycles. The summed E-state index contributed by atoms with van der Waals surface area (Å²) in [5.41, 5.74) is -0.0353. The molecule has 2 aromatic rings. The number of ether oxygens (including phenoxy) is 1. The first-order valence-corrected chi connectivity index (χ1v) is 9.87. The maximum Gasteiger partial charge on any atom is 0.323 e. The summed E-state index contributed by atoms with van der Waals surface area (Å²) in [7, 11) is 1.50. The van der Waals surface area contributed by atoms with Crippen LogP contribution in [0, 0.1) is 18.8 Å². The van der Waals surface area contributed by atoms with Crippen molar-refractivity contribution < 1.29 is 23.5 Å². The van der Waals surface area contributed by atoms with E-state index in [1.54, 1.807) is 24.3 Å². The number of hydrogen-bond acceptors (Lipinski definition) is 5. The van der Waals surface area contributed by atoms with Gasteiger partial charge >= 0.3 is 6.03 Å². The number of nitrogens with one attached hydrogen (secondary N) is 2. The fraction of sp³-hybridized carbons (Fsp3) is 0.208. The van der Waals surface area contributed by atoms with E-state index in [4.69, 9.17) is 9.15 Å². The molecule has 1 saturated heterocycles. The first kappa shape index (κ1) is 21.0. The van der Waals surface area contributed by atoms with Gasteiger partial charge in [-0.05, 0) is 43.3 Å². The highest BCUT2D eigenvalue weighted by Crippen LogP contribution is 2.21. The molecule has 2 N–H and O–H groups in total. The predicted octanol–water partition coefficient (Wildman–Crippen LogP) is 2.16. The van der Waals surface area contributed by atoms with Crippen LogP contribution in [0.3, 0.4) is 0 Å². The fourth-order valence-corrected chi connectivity index (χ4v) is 3.58. The van der Waals surface area contributed by atoms with Crippen molar-refractivity contribution in [2.45, 2.75) is 12.5 Å². The van der Waals surface area contributed by atoms with Crippen LogP contribution < -0.4 is 10.6 Å². The molecule has 8 nitrogen and oxygen atoms in total. The quantitative estimate of drug-likeness (QED) is 0.441. The van der Waals surface area contributed by atoms with Gasteiger partial charge in [-0.3, -0.25) is 14.9 Å². The third-order valence-electron chi connectivity index (χ3n) is 5.15. The van der Waals surface area contributed by atoms with Crippen LogP contribution in [0.25, 0.3) is 11.0 Å². The van der Waals surface area contributed by atoms with E-state index in [0.717, 1.165) is 16.7 Å². The Labute approximate surface area is 184 Å². The summed E-state index contributed by atoms with van der Waals surface area (Å²) in [6, 6.07) is 6.62. The van der Waals surface area contributed by atoms with Crippen molar-refractivity contribution in [3.05, 3.63) is 71.7 Å². The molecule has 0 radical (unpaired) electrons. The van der Waals surface area contributed by atoms with Crippen LogP contribution in [0.5, 0.6) is 0 Å². The van der Waals surface area contributed by atoms with Gasteiger partial charge in [0.25, 0.3) is 11.8 Å². The lowest BCUT2D eigenvalue weighted by Gasteiger charge is -2.29. The molecule has 4 rings (SSSR count). The Kier molecular flexibility index (Phi) is 5.33. The van der Waals surface area contributed by atoms with Gasteiger partial charge in [0.2, 0.25) is 5.54 Å². The second-order valence-corrected chi connectivity index (χ2v) is 7.54. The zero-order valence-electron chi connectivity index (χ0n) is 17.7. The molecule has 2 aliphatic heterocycles. The Hall–Kier alpha value is -4.25. The van der Waals surface area contributed by atoms with Gasteiger partial charge in [0, 0.05) is 23.1 Å². The Morgan fingerprint density at radius 1 is 1.28 bits per heavy atom. The van der Waals surface area contributed by atoms with Crippen molar-refractivity contribution in [1.29, 1.82) is 0 Å². The molecule has 1 atom stereocenters. The summed E-state index contributed by atoms with van der Waals surface area (Å²) in [6.45, 7) is 5.68. The molecule has 1 aromatic heterocycles. The fourth-order valence-electron chi connectivity index (χ4n) is 3.58. The molecule has 0 aliphatic carbocycles. The molecule has 0 unspecified atom stereocenters. The van der Waals surface area contributed by atoms with E-state index in [1.807, 2.05) is 19.1 Å². The number of nitrogens with zero attached hydrogens (tertiary/aromatic N) is 1. The second-order valence-electron chi connectivity index (χ2n) is 7.54. The standard InChI is InChI=1S/C24H21N3O5/c1-15-11-19(31-3)5-4-10-27(21(15)28)14-24(22(29)25-23(30)26-24)9-8-17-6-7-20-18(13-17)12-16(2)32-20/h4-7,11-13H,1,10,14H2,2-3H3,(H2,25,26,29,30)/b5-4-,19-11+/t24-/m1/s1. The third kappa shape index (κ3) is 4.01. The lowest BCUT2D eigenvalue weighted by molar-refractivity contribution is -0.128. The number of urea groups is 1. The van der Waals surface area contributed by atoms with Crippen LogP contribution in [-0.2, 0) is 14.3 Å². The van der Waals surface area contributed by atoms with Crippen molar-refractivity contribution in [3.63, 3.8) is 0 Å². The van der Waals surface area contributed by atoms with Gasteiger partial charge in [-0.2, -0.15) is 0 Å². The SMILES string of the molecule is C=C1/C=C(OC)\C=C/CN(C[C@@]2(C#Cc3ccc4oc(C)cc4c3)NC(=O)NC2=O)C1=O. The molecule has 0 saturated carbocycles. The number of amides is 4. The highest BCUT2D eigenvalue weighted by atomic mass is 16.5. The number of aryl methyl sites for hydroxylation is 1. The summed E-state index contributed by atoms with van der Waals surface area (Å²) in [4.78, 5) is 39.0. The monoisotopic (exact) mass is 431 g/mol. The molecule has 32 heavy (non-hydrogen) atoms. The molecule has 4 amide bonds. The van der Waals surface area contributed by atoms with E-state index in [1.165, 1.54) is 18.1 Å². The molecule has 162 valence electrons. The van der Waals surface area contributed by atoms with Crippen LogP contribution in [-0.4, -0.2) is 48.5 Å². The van der Waals surface area contributed by atoms with Gasteiger partial charge in [-0.15, -0.1) is 0 Å². The van der Waals surface area contributed by atoms with Crippen molar-refractivity contribution in [2.24, 2.45) is 0 Å². The predicted molar refractivity (Wildman–Crippen MR) is 117 cm³/mol. The van der Waals surface area contributed by atoms with Gasteiger partial charge in [0.15, 0.2) is 0 Å². The minimum absolute atomic E-state index is 0.150. The van der Waals surface area contributed by atoms with Crippen LogP contribution in [0.4, 0.5) is 4.79 Å². The number of benzene rings is 1. The van der Waals surface area contributed by atoms with Gasteiger partial charge < -0.3 is 19.4 Å². The summed E-state index contributed by atoms with van der Waals surface area (Å²) >= 11 is 0. The Morgan fingerprint density at radius 2 is 2.09 bits per heavy atom. The topological polar surface area (TPSA) is 101 Å². The molecule has 1 fully saturated rings. The number of imide groups is 1. The number of carbonyl (C=O) groups is 3. The average molecular weight is 431 g/mol. The van der Waals surface area contributed by atoms with Gasteiger partial charge in [-0.1, -0.05) is 24.5 Å². The maximum atomic E-state index is 12.9. The molecular weight excluding hydrogens is 410 g/mol. The molecule has 2 aliphatic rings. The highest BCUT2D eigenvalue weighted by molar-refractivity contribution is 6.10. The van der Waals surface area contributed by atoms with Gasteiger partial charge in [0.05, 0.1) is 13.7 Å². The van der Waals surface area contributed by atoms with Crippen LogP contribution in [0.1, 0.15) is 11.3 Å². The smallest absolute Gasteiger partial charge is 0.323 e. The van der Waals surface area contributed by atoms with E-state index in [9.17, 15) is 14.4 Å². The van der Waals surface area contributed by atoms with Crippen LogP contribution in [0.2, 0.25) is 0 Å². The van der Waals surface area contributed by atoms with E-state index >= 15 is 0 Å². The van der Waals surface area contributed by atoms with E-state index in [2.05, 4.69) is 29.1 Å². The molecule has 3 heterocycles. The molecule has 8 heteroatoms. The van der Waals surface area contributed by atoms with E-state index < -0.39 is 23.4 Å². The van der Waals surface area contributed by atoms with Gasteiger partial charge in [0.1, 0.15) is 17.1 Å². The van der Waals surface area contributed by atoms with Crippen molar-refractivity contribution >= 4 is 28.8 Å². The van der Waals surface area contributed by atoms with Crippen molar-refractivity contribution in [3.8, 4) is 11.8 Å². The maximum absolute atomic E-state index is 12.9. The van der Waals surface area contributed by atoms with E-state index in [-0.39, 0.29) is 18.7 Å². The van der Waals surface area contributed by atoms with Crippen LogP contribution in [0.15, 0.2) is 64.8 Å². The summed E-state index contributed by atoms with van der Waals surface area (Å²) < 4.78 is 10.7. The Morgan fingerprint density at radius 3 is 2.81 bits per heavy atom. The Balaban J connectivity index is 1.66. The second kappa shape index (κ2) is 8.12. The number of furan rings is 1. The van der Waals surface area contributed by atoms with Crippen molar-refractivity contribution in [2.75, 3.05) is 20.2 Å². The van der Waals surface area contributed by atoms with Crippen LogP contribution >= 0.6 is 0 Å². The lowest BCUT2D eigenvalue weighted by Crippen LogP contribution is -2.55. The number of fused-ring (bicyclic) bond motifs is 1. The number of rotatable bonds is 3. The lowest BCUT2D eigenvalue weighted by atomic mass is 9.98. The minimum atomic E-state index is -1.60. The van der Waals surface area contributed by atoms with Crippen molar-refractivity contribution in [1.82, 2.24) is 15.5 Å². The third-order valence-corrected chi connectivity index (χ3v) is 5.15. The summed E-state index contributed by atoms with van der Waals surface area (Å²) in [5, 5.41) is 5.69. The number of allylic oxidation sites excluding steroid dienone is 1. The molecule has 0 spiro atoms. The normalized spacial score (nSPS) is 23.4. The average Bonchev–Trinajstić information content (AvgIpc) is 3.26. The Bertz CT molecular complexity index is 1270. The van der Waals surface area contributed by atoms with E-state index in [0.29, 0.717) is 11.3 Å². The summed E-state index contributed by atoms with van der Waals surface area (Å²) in [5.74, 6) is 6.11. The first-order valence-electron chi connectivity index (χ1n) is 9.87. The first-order chi connectivity index (χ1) is 15.3. The number of hydrogen-bond donors (Lipinski definition) is 2. The molecule has 0 bridgehead atoms. The zero-order chi connectivity index (χ0) is 22.9. The highest BCUT2D eigenvalue weighted by Gasteiger charge is 2.47.